The molecule has 0 bridgehead atoms. The molecule has 3 N–H and O–H groups in total. The van der Waals surface area contributed by atoms with Gasteiger partial charge in [-0.3, -0.25) is 0 Å². The predicted molar refractivity (Wildman–Crippen MR) is 111 cm³/mol. The van der Waals surface area contributed by atoms with Crippen LogP contribution in [-0.4, -0.2) is 54.8 Å². The first-order chi connectivity index (χ1) is 14.4. The van der Waals surface area contributed by atoms with Crippen molar-refractivity contribution in [3.05, 3.63) is 35.9 Å². The number of aliphatic hydroxyl groups is 2. The van der Waals surface area contributed by atoms with Gasteiger partial charge < -0.3 is 29.5 Å². The summed E-state index contributed by atoms with van der Waals surface area (Å²) < 4.78 is 15.7. The van der Waals surface area contributed by atoms with Crippen molar-refractivity contribution in [3.8, 4) is 11.5 Å². The second-order valence-electron chi connectivity index (χ2n) is 8.32. The molecule has 0 saturated heterocycles. The molecule has 3 rings (SSSR count). The maximum absolute atomic E-state index is 10.6. The third kappa shape index (κ3) is 5.33. The van der Waals surface area contributed by atoms with E-state index in [4.69, 9.17) is 19.3 Å². The molecule has 2 aliphatic rings. The van der Waals surface area contributed by atoms with Crippen LogP contribution in [0.2, 0.25) is 0 Å². The van der Waals surface area contributed by atoms with E-state index in [1.54, 1.807) is 38.5 Å². The molecule has 2 saturated carbocycles. The van der Waals surface area contributed by atoms with Gasteiger partial charge in [0, 0.05) is 12.5 Å². The van der Waals surface area contributed by atoms with Crippen molar-refractivity contribution in [3.63, 3.8) is 0 Å². The zero-order valence-electron chi connectivity index (χ0n) is 17.6. The van der Waals surface area contributed by atoms with Gasteiger partial charge in [0.25, 0.3) is 0 Å². The lowest BCUT2D eigenvalue weighted by molar-refractivity contribution is -0.142. The third-order valence-electron chi connectivity index (χ3n) is 6.49. The highest BCUT2D eigenvalue weighted by atomic mass is 16.5. The van der Waals surface area contributed by atoms with Gasteiger partial charge in [0.05, 0.1) is 26.4 Å². The number of carboxylic acid groups (broad SMARTS) is 1. The number of fused-ring (bicyclic) bond motifs is 1. The second-order valence-corrected chi connectivity index (χ2v) is 8.32. The minimum absolute atomic E-state index is 0.0229. The molecule has 0 aliphatic heterocycles. The molecule has 7 nitrogen and oxygen atoms in total. The van der Waals surface area contributed by atoms with E-state index in [1.807, 2.05) is 6.08 Å². The second kappa shape index (κ2) is 10.3. The summed E-state index contributed by atoms with van der Waals surface area (Å²) in [4.78, 5) is 10.5. The number of ether oxygens (including phenoxy) is 3. The SMILES string of the molecule is COc1ccc(C(O)C=C[C@@H]2[C@@H]3CC(CCOCC(=O)O)C[C@H]3C[C@H]2O)cc1OC. The van der Waals surface area contributed by atoms with Gasteiger partial charge >= 0.3 is 5.97 Å². The van der Waals surface area contributed by atoms with Gasteiger partial charge in [-0.1, -0.05) is 18.2 Å². The van der Waals surface area contributed by atoms with E-state index >= 15 is 0 Å². The average Bonchev–Trinajstić information content (AvgIpc) is 3.25. The van der Waals surface area contributed by atoms with E-state index in [-0.39, 0.29) is 12.5 Å². The number of benzene rings is 1. The summed E-state index contributed by atoms with van der Waals surface area (Å²) in [6, 6.07) is 5.32. The van der Waals surface area contributed by atoms with E-state index in [2.05, 4.69) is 0 Å². The Morgan fingerprint density at radius 1 is 1.20 bits per heavy atom. The van der Waals surface area contributed by atoms with Crippen LogP contribution >= 0.6 is 0 Å². The Morgan fingerprint density at radius 3 is 2.67 bits per heavy atom. The minimum atomic E-state index is -0.945. The van der Waals surface area contributed by atoms with Gasteiger partial charge in [-0.05, 0) is 61.1 Å². The molecule has 1 aromatic rings. The molecule has 0 spiro atoms. The first-order valence-electron chi connectivity index (χ1n) is 10.5. The van der Waals surface area contributed by atoms with Crippen LogP contribution in [0.1, 0.15) is 37.4 Å². The number of carboxylic acids is 1. The number of carbonyl (C=O) groups is 1. The van der Waals surface area contributed by atoms with Gasteiger partial charge in [-0.25, -0.2) is 4.79 Å². The minimum Gasteiger partial charge on any atom is -0.493 e. The molecule has 166 valence electrons. The van der Waals surface area contributed by atoms with Crippen molar-refractivity contribution >= 4 is 5.97 Å². The first kappa shape index (κ1) is 22.6. The molecule has 1 aromatic carbocycles. The molecular weight excluding hydrogens is 388 g/mol. The number of methoxy groups -OCH3 is 2. The topological polar surface area (TPSA) is 105 Å². The van der Waals surface area contributed by atoms with Crippen molar-refractivity contribution in [2.24, 2.45) is 23.7 Å². The summed E-state index contributed by atoms with van der Waals surface area (Å²) in [7, 11) is 3.13. The summed E-state index contributed by atoms with van der Waals surface area (Å²) in [5.74, 6) is 1.60. The Morgan fingerprint density at radius 2 is 1.97 bits per heavy atom. The van der Waals surface area contributed by atoms with Crippen molar-refractivity contribution < 1.29 is 34.3 Å². The molecule has 2 aliphatic carbocycles. The Balaban J connectivity index is 1.58. The zero-order chi connectivity index (χ0) is 21.7. The average molecular weight is 421 g/mol. The summed E-state index contributed by atoms with van der Waals surface area (Å²) in [6.45, 7) is 0.204. The van der Waals surface area contributed by atoms with Crippen LogP contribution in [-0.2, 0) is 9.53 Å². The number of aliphatic carboxylic acids is 1. The van der Waals surface area contributed by atoms with Crippen LogP contribution in [0.15, 0.2) is 30.4 Å². The molecule has 2 fully saturated rings. The van der Waals surface area contributed by atoms with E-state index < -0.39 is 18.2 Å². The lowest BCUT2D eigenvalue weighted by Gasteiger charge is -2.19. The maximum Gasteiger partial charge on any atom is 0.329 e. The van der Waals surface area contributed by atoms with Crippen LogP contribution < -0.4 is 9.47 Å². The third-order valence-corrected chi connectivity index (χ3v) is 6.49. The molecule has 30 heavy (non-hydrogen) atoms. The van der Waals surface area contributed by atoms with Crippen molar-refractivity contribution in [1.82, 2.24) is 0 Å². The maximum atomic E-state index is 10.6. The Labute approximate surface area is 177 Å². The molecule has 0 heterocycles. The van der Waals surface area contributed by atoms with Gasteiger partial charge in [0.1, 0.15) is 6.61 Å². The quantitative estimate of drug-likeness (QED) is 0.395. The molecule has 0 aromatic heterocycles. The molecule has 0 radical (unpaired) electrons. The van der Waals surface area contributed by atoms with Crippen LogP contribution in [0.4, 0.5) is 0 Å². The van der Waals surface area contributed by atoms with Crippen molar-refractivity contribution in [2.45, 2.75) is 37.9 Å². The summed E-state index contributed by atoms with van der Waals surface area (Å²) in [5.41, 5.74) is 0.702. The van der Waals surface area contributed by atoms with E-state index in [0.29, 0.717) is 41.4 Å². The Hall–Kier alpha value is -2.09. The molecule has 6 atom stereocenters. The van der Waals surface area contributed by atoms with Gasteiger partial charge in [0.2, 0.25) is 0 Å². The highest BCUT2D eigenvalue weighted by molar-refractivity contribution is 5.67. The lowest BCUT2D eigenvalue weighted by Crippen LogP contribution is -2.18. The molecule has 0 amide bonds. The fourth-order valence-electron chi connectivity index (χ4n) is 5.07. The predicted octanol–water partition coefficient (Wildman–Crippen LogP) is 2.81. The first-order valence-corrected chi connectivity index (χ1v) is 10.5. The number of hydrogen-bond donors (Lipinski definition) is 3. The number of hydrogen-bond acceptors (Lipinski definition) is 6. The van der Waals surface area contributed by atoms with Gasteiger partial charge in [-0.2, -0.15) is 0 Å². The summed E-state index contributed by atoms with van der Waals surface area (Å²) >= 11 is 0. The monoisotopic (exact) mass is 420 g/mol. The van der Waals surface area contributed by atoms with Crippen LogP contribution in [0, 0.1) is 23.7 Å². The number of aliphatic hydroxyl groups excluding tert-OH is 2. The fraction of sp³-hybridized carbons (Fsp3) is 0.609. The van der Waals surface area contributed by atoms with Gasteiger partial charge in [0.15, 0.2) is 11.5 Å². The standard InChI is InChI=1S/C23H32O7/c1-28-21-6-3-15(12-22(21)29-2)19(24)5-4-17-18-10-14(7-8-30-13-23(26)27)9-16(18)11-20(17)25/h3-6,12,14,16-20,24-25H,7-11,13H2,1-2H3,(H,26,27)/t14?,16-,17+,18+,19?,20+/m0/s1. The Kier molecular flexibility index (Phi) is 7.75. The summed E-state index contributed by atoms with van der Waals surface area (Å²) in [5, 5.41) is 29.8. The van der Waals surface area contributed by atoms with E-state index in [9.17, 15) is 15.0 Å². The van der Waals surface area contributed by atoms with Crippen molar-refractivity contribution in [1.29, 1.82) is 0 Å². The van der Waals surface area contributed by atoms with Crippen LogP contribution in [0.25, 0.3) is 0 Å². The smallest absolute Gasteiger partial charge is 0.329 e. The normalized spacial score (nSPS) is 29.1. The highest BCUT2D eigenvalue weighted by Gasteiger charge is 2.46. The fourth-order valence-corrected chi connectivity index (χ4v) is 5.07. The van der Waals surface area contributed by atoms with E-state index in [1.165, 1.54) is 0 Å². The largest absolute Gasteiger partial charge is 0.493 e. The van der Waals surface area contributed by atoms with E-state index in [0.717, 1.165) is 25.7 Å². The molecule has 2 unspecified atom stereocenters. The summed E-state index contributed by atoms with van der Waals surface area (Å²) in [6.07, 6.45) is 6.19. The highest BCUT2D eigenvalue weighted by Crippen LogP contribution is 2.51. The lowest BCUT2D eigenvalue weighted by atomic mass is 9.89. The Bertz CT molecular complexity index is 747. The molecule has 7 heteroatoms. The molecular formula is C23H32O7. The van der Waals surface area contributed by atoms with Crippen molar-refractivity contribution in [2.75, 3.05) is 27.4 Å². The number of rotatable bonds is 10. The van der Waals surface area contributed by atoms with Crippen LogP contribution in [0.5, 0.6) is 11.5 Å². The van der Waals surface area contributed by atoms with Crippen LogP contribution in [0.3, 0.4) is 0 Å². The van der Waals surface area contributed by atoms with Gasteiger partial charge in [-0.15, -0.1) is 0 Å². The zero-order valence-corrected chi connectivity index (χ0v) is 17.6.